The van der Waals surface area contributed by atoms with Gasteiger partial charge < -0.3 is 25.8 Å². The topological polar surface area (TPSA) is 113 Å². The Morgan fingerprint density at radius 1 is 1.06 bits per heavy atom. The molecule has 0 spiro atoms. The van der Waals surface area contributed by atoms with Gasteiger partial charge in [-0.05, 0) is 113 Å². The van der Waals surface area contributed by atoms with Crippen LogP contribution >= 0.6 is 0 Å². The molecule has 0 aliphatic heterocycles. The number of carbonyl (C=O) groups excluding carboxylic acids is 2. The van der Waals surface area contributed by atoms with Crippen molar-refractivity contribution in [1.82, 2.24) is 25.2 Å². The number of hydrogen-bond donors (Lipinski definition) is 4. The van der Waals surface area contributed by atoms with Crippen molar-refractivity contribution < 1.29 is 14.0 Å². The number of rotatable bonds is 18. The molecular weight excluding hydrogens is 678 g/mol. The zero-order valence-corrected chi connectivity index (χ0v) is 33.9. The first-order valence-electron chi connectivity index (χ1n) is 20.5. The number of carbonyl (C=O) groups is 2. The SMILES string of the molecule is CCC(CC)Nc1cc(-c2cc3ncn(C(C)C)c3c(NC3C=C(C(=O)NC(C)C)C(C)=CC3F)n2)ccc1C(C)(CCNC=O)CCC1CCCCC1. The number of halogens is 1. The van der Waals surface area contributed by atoms with E-state index in [-0.39, 0.29) is 23.4 Å². The van der Waals surface area contributed by atoms with E-state index in [1.165, 1.54) is 50.2 Å². The first-order chi connectivity index (χ1) is 25.9. The molecule has 10 heteroatoms. The van der Waals surface area contributed by atoms with E-state index in [9.17, 15) is 9.59 Å². The number of aromatic nitrogens is 3. The van der Waals surface area contributed by atoms with Crippen molar-refractivity contribution >= 4 is 34.9 Å². The second kappa shape index (κ2) is 18.4. The molecule has 0 radical (unpaired) electrons. The Kier molecular flexibility index (Phi) is 14.0. The summed E-state index contributed by atoms with van der Waals surface area (Å²) in [5, 5.41) is 13.2. The van der Waals surface area contributed by atoms with Crippen molar-refractivity contribution in [2.75, 3.05) is 17.2 Å². The maximum absolute atomic E-state index is 15.8. The fourth-order valence-corrected chi connectivity index (χ4v) is 8.27. The van der Waals surface area contributed by atoms with E-state index >= 15 is 4.39 Å². The van der Waals surface area contributed by atoms with Crippen molar-refractivity contribution in [2.45, 2.75) is 155 Å². The van der Waals surface area contributed by atoms with E-state index < -0.39 is 12.2 Å². The highest BCUT2D eigenvalue weighted by atomic mass is 19.1. The normalized spacial score (nSPS) is 19.1. The minimum absolute atomic E-state index is 0.0439. The molecule has 5 rings (SSSR count). The van der Waals surface area contributed by atoms with Gasteiger partial charge in [0.2, 0.25) is 6.41 Å². The summed E-state index contributed by atoms with van der Waals surface area (Å²) in [4.78, 5) is 34.4. The van der Waals surface area contributed by atoms with Gasteiger partial charge in [0.15, 0.2) is 5.82 Å². The largest absolute Gasteiger partial charge is 0.382 e. The maximum Gasteiger partial charge on any atom is 0.251 e. The van der Waals surface area contributed by atoms with E-state index in [0.717, 1.165) is 66.0 Å². The number of hydrogen-bond acceptors (Lipinski definition) is 6. The number of fused-ring (bicyclic) bond motifs is 1. The lowest BCUT2D eigenvalue weighted by molar-refractivity contribution is -0.117. The van der Waals surface area contributed by atoms with E-state index in [1.54, 1.807) is 13.0 Å². The lowest BCUT2D eigenvalue weighted by atomic mass is 9.72. The average molecular weight is 742 g/mol. The van der Waals surface area contributed by atoms with E-state index in [2.05, 4.69) is 78.7 Å². The predicted octanol–water partition coefficient (Wildman–Crippen LogP) is 9.56. The molecule has 4 N–H and O–H groups in total. The number of nitrogens with zero attached hydrogens (tertiary/aromatic N) is 3. The van der Waals surface area contributed by atoms with Gasteiger partial charge in [-0.3, -0.25) is 9.59 Å². The van der Waals surface area contributed by atoms with Crippen LogP contribution in [0.4, 0.5) is 15.9 Å². The van der Waals surface area contributed by atoms with Crippen molar-refractivity contribution in [3.63, 3.8) is 0 Å². The number of imidazole rings is 1. The Labute approximate surface area is 322 Å². The molecule has 2 amide bonds. The molecule has 9 nitrogen and oxygen atoms in total. The molecule has 3 aromatic rings. The number of amides is 2. The van der Waals surface area contributed by atoms with Crippen LogP contribution in [-0.4, -0.2) is 57.7 Å². The number of anilines is 2. The van der Waals surface area contributed by atoms with Gasteiger partial charge in [0.25, 0.3) is 5.91 Å². The standard InChI is InChI=1S/C44H64FN7O2/c1-9-33(10-2)49-38-23-32(16-17-35(38)44(8,20-21-46-27-53)19-18-31-14-12-11-13-15-31)37-25-40-41(52(26-47-40)29(5)6)42(50-37)51-39-24-34(30(7)22-36(39)45)43(54)48-28(3)4/h16-17,22-29,31,33,36,39,49H,9-15,18-21H2,1-8H3,(H,46,53)(H,48,54)(H,50,51). The molecule has 1 aromatic carbocycles. The number of nitrogens with one attached hydrogen (secondary N) is 4. The summed E-state index contributed by atoms with van der Waals surface area (Å²) < 4.78 is 17.8. The van der Waals surface area contributed by atoms with Gasteiger partial charge in [-0.15, -0.1) is 0 Å². The summed E-state index contributed by atoms with van der Waals surface area (Å²) in [6.07, 6.45) is 16.1. The van der Waals surface area contributed by atoms with E-state index in [1.807, 2.05) is 26.2 Å². The van der Waals surface area contributed by atoms with Crippen LogP contribution in [0.1, 0.15) is 131 Å². The third kappa shape index (κ3) is 9.71. The van der Waals surface area contributed by atoms with Gasteiger partial charge in [0, 0.05) is 41.5 Å². The minimum atomic E-state index is -1.35. The predicted molar refractivity (Wildman–Crippen MR) is 221 cm³/mol. The van der Waals surface area contributed by atoms with Crippen LogP contribution in [0.25, 0.3) is 22.3 Å². The number of benzene rings is 1. The Hall–Kier alpha value is -4.21. The molecule has 2 aromatic heterocycles. The first-order valence-corrected chi connectivity index (χ1v) is 20.5. The van der Waals surface area contributed by atoms with Gasteiger partial charge in [-0.25, -0.2) is 14.4 Å². The summed E-state index contributed by atoms with van der Waals surface area (Å²) in [6, 6.07) is 8.17. The second-order valence-electron chi connectivity index (χ2n) is 16.5. The number of alkyl halides is 1. The van der Waals surface area contributed by atoms with Crippen molar-refractivity contribution in [3.05, 3.63) is 59.5 Å². The molecule has 3 unspecified atom stereocenters. The zero-order chi connectivity index (χ0) is 39.0. The first kappa shape index (κ1) is 41.0. The highest BCUT2D eigenvalue weighted by Crippen LogP contribution is 2.42. The summed E-state index contributed by atoms with van der Waals surface area (Å²) in [5.74, 6) is 1.05. The van der Waals surface area contributed by atoms with Crippen LogP contribution in [0.2, 0.25) is 0 Å². The van der Waals surface area contributed by atoms with Crippen LogP contribution in [-0.2, 0) is 15.0 Å². The van der Waals surface area contributed by atoms with Crippen LogP contribution in [0.5, 0.6) is 0 Å². The van der Waals surface area contributed by atoms with Crippen LogP contribution in [0.15, 0.2) is 53.9 Å². The van der Waals surface area contributed by atoms with Gasteiger partial charge in [0.05, 0.1) is 23.6 Å². The lowest BCUT2D eigenvalue weighted by Crippen LogP contribution is -2.37. The fraction of sp³-hybridized carbons (Fsp3) is 0.591. The van der Waals surface area contributed by atoms with Crippen molar-refractivity contribution in [2.24, 2.45) is 5.92 Å². The summed E-state index contributed by atoms with van der Waals surface area (Å²) in [7, 11) is 0. The quantitative estimate of drug-likeness (QED) is 0.0763. The molecule has 1 fully saturated rings. The maximum atomic E-state index is 15.8. The molecule has 0 saturated heterocycles. The third-order valence-electron chi connectivity index (χ3n) is 11.6. The van der Waals surface area contributed by atoms with Crippen LogP contribution < -0.4 is 21.3 Å². The molecule has 2 heterocycles. The summed E-state index contributed by atoms with van der Waals surface area (Å²) >= 11 is 0. The minimum Gasteiger partial charge on any atom is -0.382 e. The number of pyridine rings is 1. The Morgan fingerprint density at radius 2 is 1.80 bits per heavy atom. The van der Waals surface area contributed by atoms with Gasteiger partial charge in [0.1, 0.15) is 11.7 Å². The van der Waals surface area contributed by atoms with E-state index in [0.29, 0.717) is 29.6 Å². The molecule has 0 bridgehead atoms. The molecule has 1 saturated carbocycles. The van der Waals surface area contributed by atoms with Gasteiger partial charge >= 0.3 is 0 Å². The van der Waals surface area contributed by atoms with Crippen molar-refractivity contribution in [3.8, 4) is 11.3 Å². The Balaban J connectivity index is 1.59. The highest BCUT2D eigenvalue weighted by Gasteiger charge is 2.32. The molecule has 3 atom stereocenters. The smallest absolute Gasteiger partial charge is 0.251 e. The monoisotopic (exact) mass is 742 g/mol. The second-order valence-corrected chi connectivity index (χ2v) is 16.5. The van der Waals surface area contributed by atoms with Crippen LogP contribution in [0.3, 0.4) is 0 Å². The summed E-state index contributed by atoms with van der Waals surface area (Å²) in [5.41, 5.74) is 6.46. The average Bonchev–Trinajstić information content (AvgIpc) is 3.59. The fourth-order valence-electron chi connectivity index (χ4n) is 8.27. The molecule has 54 heavy (non-hydrogen) atoms. The van der Waals surface area contributed by atoms with Gasteiger partial charge in [-0.1, -0.05) is 65.0 Å². The zero-order valence-electron chi connectivity index (χ0n) is 33.9. The Morgan fingerprint density at radius 3 is 2.46 bits per heavy atom. The highest BCUT2D eigenvalue weighted by molar-refractivity contribution is 5.98. The lowest BCUT2D eigenvalue weighted by Gasteiger charge is -2.35. The van der Waals surface area contributed by atoms with Gasteiger partial charge in [-0.2, -0.15) is 0 Å². The summed E-state index contributed by atoms with van der Waals surface area (Å²) in [6.45, 7) is 17.2. The van der Waals surface area contributed by atoms with E-state index in [4.69, 9.17) is 9.97 Å². The molecule has 2 aliphatic rings. The molecule has 2 aliphatic carbocycles. The third-order valence-corrected chi connectivity index (χ3v) is 11.6. The molecule has 294 valence electrons. The molecular formula is C44H64FN7O2. The van der Waals surface area contributed by atoms with Crippen molar-refractivity contribution in [1.29, 1.82) is 0 Å². The Bertz CT molecular complexity index is 1800. The van der Waals surface area contributed by atoms with Crippen LogP contribution in [0, 0.1) is 5.92 Å².